The Bertz CT molecular complexity index is 1300. The Kier molecular flexibility index (Phi) is 8.02. The second-order valence-electron chi connectivity index (χ2n) is 11.0. The fourth-order valence-electron chi connectivity index (χ4n) is 3.83. The van der Waals surface area contributed by atoms with Gasteiger partial charge >= 0.3 is 6.09 Å². The minimum absolute atomic E-state index is 0.0369. The maximum Gasteiger partial charge on any atom is 0.424 e. The molecule has 0 atom stereocenters. The van der Waals surface area contributed by atoms with Gasteiger partial charge in [-0.1, -0.05) is 0 Å². The van der Waals surface area contributed by atoms with Crippen LogP contribution in [-0.4, -0.2) is 64.8 Å². The quantitative estimate of drug-likeness (QED) is 0.566. The summed E-state index contributed by atoms with van der Waals surface area (Å²) in [5.41, 5.74) is -1.88. The van der Waals surface area contributed by atoms with E-state index in [2.05, 4.69) is 15.3 Å². The number of nitrogens with one attached hydrogen (secondary N) is 1. The van der Waals surface area contributed by atoms with Crippen molar-refractivity contribution in [2.75, 3.05) is 23.3 Å². The van der Waals surface area contributed by atoms with Crippen LogP contribution in [0.3, 0.4) is 0 Å². The van der Waals surface area contributed by atoms with Gasteiger partial charge in [0.2, 0.25) is 0 Å². The summed E-state index contributed by atoms with van der Waals surface area (Å²) >= 11 is 0. The molecule has 1 fully saturated rings. The van der Waals surface area contributed by atoms with Crippen LogP contribution in [0.25, 0.3) is 0 Å². The minimum atomic E-state index is -4.48. The molecule has 0 saturated carbocycles. The number of anilines is 2. The molecule has 0 aromatic carbocycles. The molecule has 3 rings (SSSR count). The van der Waals surface area contributed by atoms with E-state index in [-0.39, 0.29) is 43.0 Å². The number of rotatable bonds is 5. The normalized spacial score (nSPS) is 16.1. The van der Waals surface area contributed by atoms with Gasteiger partial charge in [-0.25, -0.2) is 23.5 Å². The first-order valence-corrected chi connectivity index (χ1v) is 13.5. The Morgan fingerprint density at radius 2 is 1.68 bits per heavy atom. The number of nitrogens with zero attached hydrogens (tertiary/aromatic N) is 4. The smallest absolute Gasteiger partial charge is 0.424 e. The molecular formula is C25H33F2N5O5S. The fraction of sp³-hybridized carbons (Fsp3) is 0.520. The number of pyridine rings is 2. The zero-order chi connectivity index (χ0) is 28.5. The summed E-state index contributed by atoms with van der Waals surface area (Å²) in [6.07, 6.45) is 0.896. The summed E-state index contributed by atoms with van der Waals surface area (Å²) in [7, 11) is -4.48. The summed E-state index contributed by atoms with van der Waals surface area (Å²) in [6, 6.07) is 5.58. The van der Waals surface area contributed by atoms with Gasteiger partial charge in [-0.2, -0.15) is 12.7 Å². The van der Waals surface area contributed by atoms with Crippen LogP contribution >= 0.6 is 0 Å². The van der Waals surface area contributed by atoms with E-state index >= 15 is 0 Å². The lowest BCUT2D eigenvalue weighted by Crippen LogP contribution is -2.51. The summed E-state index contributed by atoms with van der Waals surface area (Å²) in [4.78, 5) is 35.8. The van der Waals surface area contributed by atoms with Gasteiger partial charge in [-0.05, 0) is 59.7 Å². The minimum Gasteiger partial charge on any atom is -0.443 e. The maximum atomic E-state index is 13.6. The van der Waals surface area contributed by atoms with Crippen molar-refractivity contribution in [1.29, 1.82) is 0 Å². The Morgan fingerprint density at radius 1 is 1.05 bits per heavy atom. The third kappa shape index (κ3) is 6.94. The molecule has 2 amide bonds. The van der Waals surface area contributed by atoms with Crippen molar-refractivity contribution < 1.29 is 31.5 Å². The largest absolute Gasteiger partial charge is 0.443 e. The van der Waals surface area contributed by atoms with Crippen molar-refractivity contribution in [1.82, 2.24) is 14.3 Å². The van der Waals surface area contributed by atoms with Crippen LogP contribution < -0.4 is 10.2 Å². The van der Waals surface area contributed by atoms with Gasteiger partial charge in [-0.3, -0.25) is 4.79 Å². The molecule has 1 N–H and O–H groups in total. The number of carbonyl (C=O) groups excluding carboxylic acids is 2. The van der Waals surface area contributed by atoms with Gasteiger partial charge in [0.1, 0.15) is 11.4 Å². The topological polar surface area (TPSA) is 122 Å². The highest BCUT2D eigenvalue weighted by molar-refractivity contribution is 7.89. The van der Waals surface area contributed by atoms with Crippen molar-refractivity contribution in [2.24, 2.45) is 0 Å². The number of aromatic nitrogens is 2. The first kappa shape index (κ1) is 29.2. The van der Waals surface area contributed by atoms with Crippen LogP contribution in [0, 0.1) is 0 Å². The van der Waals surface area contributed by atoms with Gasteiger partial charge in [0.05, 0.1) is 11.1 Å². The second-order valence-corrected chi connectivity index (χ2v) is 12.7. The molecule has 1 aliphatic heterocycles. The molecule has 0 bridgehead atoms. The summed E-state index contributed by atoms with van der Waals surface area (Å²) < 4.78 is 60.2. The molecule has 1 saturated heterocycles. The molecule has 13 heteroatoms. The molecule has 0 unspecified atom stereocenters. The highest BCUT2D eigenvalue weighted by Gasteiger charge is 2.42. The molecule has 10 nitrogen and oxygen atoms in total. The molecule has 38 heavy (non-hydrogen) atoms. The van der Waals surface area contributed by atoms with E-state index < -0.39 is 44.1 Å². The average Bonchev–Trinajstić information content (AvgIpc) is 2.77. The maximum absolute atomic E-state index is 13.6. The standard InChI is InChI=1S/C25H33F2N5O5S/c1-23(2,3)32(22(34)37-24(4,5)6)38(35,36)19-16-17(9-13-28-19)30-21(33)18-8-7-12-29-20(18)31-14-10-25(26,27)11-15-31/h7-9,12-13,16H,10-11,14-15H2,1-6H3,(H,28,30,33). The molecule has 3 heterocycles. The summed E-state index contributed by atoms with van der Waals surface area (Å²) in [6.45, 7) is 9.56. The summed E-state index contributed by atoms with van der Waals surface area (Å²) in [5, 5.41) is 2.15. The number of hydrogen-bond donors (Lipinski definition) is 1. The molecule has 0 radical (unpaired) electrons. The molecule has 208 valence electrons. The van der Waals surface area contributed by atoms with E-state index in [1.807, 2.05) is 0 Å². The van der Waals surface area contributed by atoms with E-state index in [1.165, 1.54) is 24.5 Å². The van der Waals surface area contributed by atoms with Crippen LogP contribution in [-0.2, 0) is 14.8 Å². The molecule has 2 aromatic heterocycles. The predicted molar refractivity (Wildman–Crippen MR) is 138 cm³/mol. The van der Waals surface area contributed by atoms with E-state index in [1.54, 1.807) is 52.5 Å². The van der Waals surface area contributed by atoms with Gasteiger partial charge in [-0.15, -0.1) is 0 Å². The number of ether oxygens (including phenoxy) is 1. The zero-order valence-corrected chi connectivity index (χ0v) is 23.1. The molecule has 0 spiro atoms. The second kappa shape index (κ2) is 10.4. The van der Waals surface area contributed by atoms with Gasteiger partial charge in [0.25, 0.3) is 21.9 Å². The number of piperidine rings is 1. The Balaban J connectivity index is 1.88. The fourth-order valence-corrected chi connectivity index (χ4v) is 5.44. The Hall–Kier alpha value is -3.35. The SMILES string of the molecule is CC(C)(C)OC(=O)N(C(C)(C)C)S(=O)(=O)c1cc(NC(=O)c2cccnc2N2CCC(F)(F)CC2)ccn1. The number of sulfonamides is 1. The number of halogens is 2. The lowest BCUT2D eigenvalue weighted by Gasteiger charge is -2.35. The number of alkyl halides is 2. The number of amides is 2. The number of carbonyl (C=O) groups is 2. The molecule has 1 aliphatic rings. The monoisotopic (exact) mass is 553 g/mol. The van der Waals surface area contributed by atoms with E-state index in [0.717, 1.165) is 6.07 Å². The first-order chi connectivity index (χ1) is 17.4. The van der Waals surface area contributed by atoms with Gasteiger partial charge in [0.15, 0.2) is 5.03 Å². The van der Waals surface area contributed by atoms with Gasteiger partial charge in [0, 0.05) is 50.1 Å². The lowest BCUT2D eigenvalue weighted by atomic mass is 10.1. The third-order valence-corrected chi connectivity index (χ3v) is 7.42. The highest BCUT2D eigenvalue weighted by Crippen LogP contribution is 2.32. The van der Waals surface area contributed by atoms with E-state index in [0.29, 0.717) is 4.31 Å². The van der Waals surface area contributed by atoms with Crippen LogP contribution in [0.1, 0.15) is 64.7 Å². The van der Waals surface area contributed by atoms with Crippen molar-refractivity contribution in [3.8, 4) is 0 Å². The lowest BCUT2D eigenvalue weighted by molar-refractivity contribution is -0.0221. The molecule has 2 aromatic rings. The van der Waals surface area contributed by atoms with E-state index in [9.17, 15) is 26.8 Å². The average molecular weight is 554 g/mol. The van der Waals surface area contributed by atoms with Gasteiger partial charge < -0.3 is 15.0 Å². The third-order valence-electron chi connectivity index (χ3n) is 5.49. The molecular weight excluding hydrogens is 520 g/mol. The first-order valence-electron chi connectivity index (χ1n) is 12.0. The highest BCUT2D eigenvalue weighted by atomic mass is 32.2. The van der Waals surface area contributed by atoms with Crippen molar-refractivity contribution in [2.45, 2.75) is 76.5 Å². The van der Waals surface area contributed by atoms with Crippen LogP contribution in [0.15, 0.2) is 41.7 Å². The van der Waals surface area contributed by atoms with Crippen molar-refractivity contribution >= 4 is 33.5 Å². The van der Waals surface area contributed by atoms with Crippen molar-refractivity contribution in [3.63, 3.8) is 0 Å². The van der Waals surface area contributed by atoms with Crippen LogP contribution in [0.4, 0.5) is 25.1 Å². The van der Waals surface area contributed by atoms with Crippen LogP contribution in [0.5, 0.6) is 0 Å². The molecule has 0 aliphatic carbocycles. The number of hydrogen-bond acceptors (Lipinski definition) is 8. The van der Waals surface area contributed by atoms with Crippen LogP contribution in [0.2, 0.25) is 0 Å². The Labute approximate surface area is 221 Å². The summed E-state index contributed by atoms with van der Waals surface area (Å²) in [5.74, 6) is -3.11. The zero-order valence-electron chi connectivity index (χ0n) is 22.3. The Morgan fingerprint density at radius 3 is 2.26 bits per heavy atom. The van der Waals surface area contributed by atoms with E-state index in [4.69, 9.17) is 4.74 Å². The predicted octanol–water partition coefficient (Wildman–Crippen LogP) is 4.69. The van der Waals surface area contributed by atoms with Crippen molar-refractivity contribution in [3.05, 3.63) is 42.2 Å².